The van der Waals surface area contributed by atoms with Crippen LogP contribution in [0.2, 0.25) is 0 Å². The van der Waals surface area contributed by atoms with Gasteiger partial charge in [0.05, 0.1) is 33.2 Å². The number of carbonyl (C=O) groups is 1. The summed E-state index contributed by atoms with van der Waals surface area (Å²) in [7, 11) is -4.73. The van der Waals surface area contributed by atoms with Crippen molar-refractivity contribution in [1.82, 2.24) is 19.9 Å². The zero-order valence-corrected chi connectivity index (χ0v) is 23.6. The molecule has 221 valence electrons. The van der Waals surface area contributed by atoms with Crippen molar-refractivity contribution in [3.05, 3.63) is 121 Å². The summed E-state index contributed by atoms with van der Waals surface area (Å²) in [5, 5.41) is 19.3. The van der Waals surface area contributed by atoms with Crippen molar-refractivity contribution >= 4 is 16.1 Å². The topological polar surface area (TPSA) is 265 Å². The van der Waals surface area contributed by atoms with Gasteiger partial charge in [0.2, 0.25) is 0 Å². The number of pyridine rings is 4. The van der Waals surface area contributed by atoms with Crippen LogP contribution in [0.4, 0.5) is 0 Å². The molecule has 1 aromatic carbocycles. The van der Waals surface area contributed by atoms with Crippen molar-refractivity contribution in [2.24, 2.45) is 0 Å². The molecule has 0 saturated carbocycles. The minimum Gasteiger partial charge on any atom is -0.872 e. The quantitative estimate of drug-likeness (QED) is 0.166. The van der Waals surface area contributed by atoms with Crippen molar-refractivity contribution in [3.63, 3.8) is 0 Å². The third-order valence-electron chi connectivity index (χ3n) is 4.65. The van der Waals surface area contributed by atoms with Gasteiger partial charge in [-0.3, -0.25) is 19.9 Å². The zero-order chi connectivity index (χ0) is 27.4. The van der Waals surface area contributed by atoms with E-state index in [9.17, 15) is 22.9 Å². The summed E-state index contributed by atoms with van der Waals surface area (Å²) < 4.78 is 31.4. The first-order valence-corrected chi connectivity index (χ1v) is 12.3. The minimum atomic E-state index is -4.73. The number of hydrogen-bond donors (Lipinski definition) is 1. The average molecular weight is 639 g/mol. The van der Waals surface area contributed by atoms with Gasteiger partial charge in [0.1, 0.15) is 10.1 Å². The SMILES string of the molecule is O.O.O=C(O)c1cc(S(=O)(=O)[O-])ccc1[O-].[Mn+2].[OH3+].c1ccc(-c2ccccn2)nc1.c1ccc(-c2ccccn2)nc1. The Hall–Kier alpha value is -4.60. The van der Waals surface area contributed by atoms with E-state index in [-0.39, 0.29) is 33.5 Å². The van der Waals surface area contributed by atoms with Crippen molar-refractivity contribution in [2.75, 3.05) is 0 Å². The van der Waals surface area contributed by atoms with Crippen LogP contribution in [0.3, 0.4) is 0 Å². The maximum atomic E-state index is 10.9. The molecule has 0 fully saturated rings. The molecule has 0 spiro atoms. The molecule has 0 unspecified atom stereocenters. The van der Waals surface area contributed by atoms with E-state index in [1.54, 1.807) is 24.8 Å². The first-order chi connectivity index (χ1) is 18.3. The molecule has 0 aliphatic heterocycles. The second-order valence-electron chi connectivity index (χ2n) is 7.28. The van der Waals surface area contributed by atoms with Crippen LogP contribution >= 0.6 is 0 Å². The van der Waals surface area contributed by atoms with Gasteiger partial charge < -0.3 is 31.2 Å². The van der Waals surface area contributed by atoms with Crippen LogP contribution in [0.25, 0.3) is 22.8 Å². The smallest absolute Gasteiger partial charge is 0.872 e. The van der Waals surface area contributed by atoms with Crippen LogP contribution < -0.4 is 5.11 Å². The van der Waals surface area contributed by atoms with Gasteiger partial charge in [0, 0.05) is 24.8 Å². The molecular formula is C27H27MnN4O9S+. The Balaban J connectivity index is 0. The van der Waals surface area contributed by atoms with Crippen molar-refractivity contribution in [2.45, 2.75) is 4.90 Å². The molecule has 15 heteroatoms. The second kappa shape index (κ2) is 19.5. The van der Waals surface area contributed by atoms with Gasteiger partial charge in [-0.15, -0.1) is 0 Å². The summed E-state index contributed by atoms with van der Waals surface area (Å²) in [4.78, 5) is 26.4. The van der Waals surface area contributed by atoms with E-state index in [0.717, 1.165) is 34.9 Å². The predicted molar refractivity (Wildman–Crippen MR) is 148 cm³/mol. The Kier molecular flexibility index (Phi) is 18.3. The largest absolute Gasteiger partial charge is 2.00 e. The van der Waals surface area contributed by atoms with Crippen LogP contribution in [-0.2, 0) is 32.7 Å². The fourth-order valence-corrected chi connectivity index (χ4v) is 3.39. The number of rotatable bonds is 4. The first kappa shape index (κ1) is 39.5. The molecule has 0 aliphatic carbocycles. The van der Waals surface area contributed by atoms with E-state index in [1.807, 2.05) is 72.8 Å². The normalized spacial score (nSPS) is 9.26. The van der Waals surface area contributed by atoms with E-state index >= 15 is 0 Å². The number of carboxylic acids is 1. The fourth-order valence-electron chi connectivity index (χ4n) is 2.89. The van der Waals surface area contributed by atoms with Crippen molar-refractivity contribution in [1.29, 1.82) is 0 Å². The Bertz CT molecular complexity index is 1420. The van der Waals surface area contributed by atoms with E-state index < -0.39 is 32.3 Å². The van der Waals surface area contributed by atoms with Crippen molar-refractivity contribution < 1.29 is 61.5 Å². The molecule has 42 heavy (non-hydrogen) atoms. The zero-order valence-electron chi connectivity index (χ0n) is 21.6. The van der Waals surface area contributed by atoms with Crippen LogP contribution in [0.1, 0.15) is 10.4 Å². The van der Waals surface area contributed by atoms with Crippen LogP contribution in [0.5, 0.6) is 5.75 Å². The molecule has 13 nitrogen and oxygen atoms in total. The molecule has 5 aromatic rings. The Morgan fingerprint density at radius 2 is 0.976 bits per heavy atom. The summed E-state index contributed by atoms with van der Waals surface area (Å²) in [6.45, 7) is 0. The number of nitrogens with zero attached hydrogens (tertiary/aromatic N) is 4. The number of aromatic carboxylic acids is 1. The van der Waals surface area contributed by atoms with Gasteiger partial charge in [-0.05, 0) is 60.7 Å². The molecule has 1 radical (unpaired) electrons. The molecule has 8 N–H and O–H groups in total. The van der Waals surface area contributed by atoms with Crippen LogP contribution in [-0.4, -0.2) is 54.9 Å². The molecular weight excluding hydrogens is 611 g/mol. The van der Waals surface area contributed by atoms with E-state index in [4.69, 9.17) is 5.11 Å². The number of benzene rings is 1. The monoisotopic (exact) mass is 638 g/mol. The van der Waals surface area contributed by atoms with E-state index in [0.29, 0.717) is 6.07 Å². The fraction of sp³-hybridized carbons (Fsp3) is 0. The Morgan fingerprint density at radius 1 is 0.643 bits per heavy atom. The molecule has 4 heterocycles. The summed E-state index contributed by atoms with van der Waals surface area (Å²) in [5.41, 5.74) is 2.93. The molecule has 0 atom stereocenters. The standard InChI is InChI=1S/2C10H8N2.C7H6O6S.Mn.3H2O/c2*1-3-7-11-9(5-1)10-6-2-4-8-12-10;8-6-2-1-4(14(11,12)13)3-5(6)7(9)10;;;;/h2*1-8H;1-3,8H,(H,9,10)(H,11,12,13);;3*1H2/q;;;+2;;;/p-1. The van der Waals surface area contributed by atoms with Crippen LogP contribution in [0, 0.1) is 0 Å². The van der Waals surface area contributed by atoms with Gasteiger partial charge >= 0.3 is 23.0 Å². The van der Waals surface area contributed by atoms with E-state index in [1.165, 1.54) is 0 Å². The molecule has 0 aliphatic rings. The first-order valence-electron chi connectivity index (χ1n) is 10.9. The number of hydrogen-bond acceptors (Lipinski definition) is 9. The molecule has 0 bridgehead atoms. The second-order valence-corrected chi connectivity index (χ2v) is 8.66. The molecule has 5 rings (SSSR count). The maximum absolute atomic E-state index is 10.9. The van der Waals surface area contributed by atoms with Gasteiger partial charge in [-0.25, -0.2) is 13.2 Å². The predicted octanol–water partition coefficient (Wildman–Crippen LogP) is 1.08. The Labute approximate surface area is 251 Å². The third-order valence-corrected chi connectivity index (χ3v) is 5.49. The summed E-state index contributed by atoms with van der Waals surface area (Å²) >= 11 is 0. The summed E-state index contributed by atoms with van der Waals surface area (Å²) in [5.74, 6) is -2.41. The van der Waals surface area contributed by atoms with Gasteiger partial charge in [0.25, 0.3) is 0 Å². The number of carboxylic acid groups (broad SMARTS) is 1. The van der Waals surface area contributed by atoms with Gasteiger partial charge in [-0.1, -0.05) is 36.1 Å². The summed E-state index contributed by atoms with van der Waals surface area (Å²) in [6, 6.07) is 25.2. The molecule has 4 aromatic heterocycles. The number of aromatic nitrogens is 4. The van der Waals surface area contributed by atoms with Crippen molar-refractivity contribution in [3.8, 4) is 28.5 Å². The Morgan fingerprint density at radius 3 is 1.21 bits per heavy atom. The minimum absolute atomic E-state index is 0. The third kappa shape index (κ3) is 12.3. The van der Waals surface area contributed by atoms with Gasteiger partial charge in [0.15, 0.2) is 0 Å². The molecule has 0 saturated heterocycles. The maximum Gasteiger partial charge on any atom is 2.00 e. The van der Waals surface area contributed by atoms with E-state index in [2.05, 4.69) is 19.9 Å². The van der Waals surface area contributed by atoms with Crippen LogP contribution in [0.15, 0.2) is 121 Å². The average Bonchev–Trinajstić information content (AvgIpc) is 2.95. The van der Waals surface area contributed by atoms with Gasteiger partial charge in [-0.2, -0.15) is 0 Å². The summed E-state index contributed by atoms with van der Waals surface area (Å²) in [6.07, 6.45) is 7.07. The molecule has 0 amide bonds.